The number of hydrogen-bond acceptors (Lipinski definition) is 2. The van der Waals surface area contributed by atoms with Crippen LogP contribution in [-0.4, -0.2) is 25.5 Å². The van der Waals surface area contributed by atoms with Gasteiger partial charge in [0.25, 0.3) is 0 Å². The van der Waals surface area contributed by atoms with E-state index in [-0.39, 0.29) is 17.1 Å². The summed E-state index contributed by atoms with van der Waals surface area (Å²) in [5.74, 6) is 0. The van der Waals surface area contributed by atoms with E-state index in [0.29, 0.717) is 0 Å². The molecule has 2 aromatic rings. The van der Waals surface area contributed by atoms with Gasteiger partial charge >= 0.3 is 17.1 Å². The van der Waals surface area contributed by atoms with Crippen LogP contribution in [0.1, 0.15) is 11.1 Å². The van der Waals surface area contributed by atoms with Gasteiger partial charge in [0.2, 0.25) is 0 Å². The van der Waals surface area contributed by atoms with Crippen LogP contribution >= 0.6 is 11.8 Å². The van der Waals surface area contributed by atoms with Crippen LogP contribution in [-0.2, 0) is 17.1 Å². The van der Waals surface area contributed by atoms with Crippen LogP contribution in [0.5, 0.6) is 0 Å². The van der Waals surface area contributed by atoms with Gasteiger partial charge in [-0.2, -0.15) is 11.1 Å². The Kier molecular flexibility index (Phi) is 7.84. The summed E-state index contributed by atoms with van der Waals surface area (Å²) in [7, 11) is 4.17. The Hall–Kier alpha value is -0.991. The fraction of sp³-hybridized carbons (Fsp3) is 0.222. The molecule has 0 aliphatic carbocycles. The Bertz CT molecular complexity index is 562. The van der Waals surface area contributed by atoms with E-state index in [2.05, 4.69) is 79.9 Å². The van der Waals surface area contributed by atoms with Gasteiger partial charge in [-0.25, -0.2) is 17.2 Å². The summed E-state index contributed by atoms with van der Waals surface area (Å²) in [6.07, 6.45) is 0. The number of likely N-dealkylation sites (N-methyl/N-ethyl adjacent to an activating group) is 1. The van der Waals surface area contributed by atoms with Gasteiger partial charge in [-0.05, 0) is 44.6 Å². The smallest absolute Gasteiger partial charge is 0.308 e. The second kappa shape index (κ2) is 9.11. The first-order valence-electron chi connectivity index (χ1n) is 6.70. The van der Waals surface area contributed by atoms with Crippen LogP contribution in [0, 0.1) is 12.3 Å². The second-order valence-electron chi connectivity index (χ2n) is 5.10. The zero-order chi connectivity index (χ0) is 14.4. The summed E-state index contributed by atoms with van der Waals surface area (Å²) in [6, 6.07) is 19.0. The van der Waals surface area contributed by atoms with Gasteiger partial charge in [0.1, 0.15) is 0 Å². The molecular formula is C18H20CuNS. The van der Waals surface area contributed by atoms with E-state index < -0.39 is 0 Å². The third kappa shape index (κ3) is 6.11. The van der Waals surface area contributed by atoms with Crippen LogP contribution in [0.4, 0.5) is 0 Å². The SMILES string of the molecule is Cc1ccc(S[C-]=C(CN(C)C)c2ccccc2)cc1.[Cu+]. The third-order valence-electron chi connectivity index (χ3n) is 2.91. The number of hydrogen-bond donors (Lipinski definition) is 0. The molecule has 0 aromatic heterocycles. The van der Waals surface area contributed by atoms with Crippen molar-refractivity contribution in [2.45, 2.75) is 11.8 Å². The van der Waals surface area contributed by atoms with Crippen molar-refractivity contribution in [2.75, 3.05) is 20.6 Å². The Balaban J connectivity index is 0.00000220. The largest absolute Gasteiger partial charge is 1.00 e. The normalized spacial score (nSPS) is 11.3. The molecule has 21 heavy (non-hydrogen) atoms. The molecule has 114 valence electrons. The van der Waals surface area contributed by atoms with E-state index in [9.17, 15) is 0 Å². The van der Waals surface area contributed by atoms with Gasteiger partial charge < -0.3 is 4.90 Å². The van der Waals surface area contributed by atoms with Crippen LogP contribution < -0.4 is 0 Å². The number of thioether (sulfide) groups is 1. The second-order valence-corrected chi connectivity index (χ2v) is 5.98. The molecule has 3 heteroatoms. The van der Waals surface area contributed by atoms with Gasteiger partial charge in [-0.1, -0.05) is 35.9 Å². The molecule has 0 saturated carbocycles. The molecule has 1 nitrogen and oxygen atoms in total. The Morgan fingerprint density at radius 2 is 1.62 bits per heavy atom. The van der Waals surface area contributed by atoms with Crippen LogP contribution in [0.2, 0.25) is 0 Å². The van der Waals surface area contributed by atoms with Crippen molar-refractivity contribution >= 4 is 17.3 Å². The zero-order valence-corrected chi connectivity index (χ0v) is 14.3. The molecule has 0 N–H and O–H groups in total. The maximum absolute atomic E-state index is 3.49. The minimum atomic E-state index is 0. The number of rotatable bonds is 5. The van der Waals surface area contributed by atoms with Crippen molar-refractivity contribution in [3.05, 3.63) is 71.1 Å². The minimum absolute atomic E-state index is 0. The maximum Gasteiger partial charge on any atom is 1.00 e. The number of benzene rings is 2. The maximum atomic E-state index is 3.49. The zero-order valence-electron chi connectivity index (χ0n) is 12.6. The quantitative estimate of drug-likeness (QED) is 0.446. The predicted octanol–water partition coefficient (Wildman–Crippen LogP) is 4.49. The molecule has 0 saturated heterocycles. The van der Waals surface area contributed by atoms with Crippen molar-refractivity contribution in [1.29, 1.82) is 0 Å². The average Bonchev–Trinajstić information content (AvgIpc) is 2.46. The summed E-state index contributed by atoms with van der Waals surface area (Å²) in [5, 5.41) is 3.49. The molecule has 0 aliphatic heterocycles. The average molecular weight is 346 g/mol. The van der Waals surface area contributed by atoms with Crippen molar-refractivity contribution in [3.63, 3.8) is 0 Å². The van der Waals surface area contributed by atoms with Gasteiger partial charge in [0.05, 0.1) is 0 Å². The van der Waals surface area contributed by atoms with Crippen molar-refractivity contribution in [2.24, 2.45) is 0 Å². The van der Waals surface area contributed by atoms with Crippen molar-refractivity contribution in [1.82, 2.24) is 4.90 Å². The third-order valence-corrected chi connectivity index (χ3v) is 3.77. The number of aryl methyl sites for hydroxylation is 1. The topological polar surface area (TPSA) is 3.24 Å². The summed E-state index contributed by atoms with van der Waals surface area (Å²) in [5.41, 5.74) is 3.75. The van der Waals surface area contributed by atoms with Crippen LogP contribution in [0.25, 0.3) is 5.57 Å². The number of nitrogens with zero attached hydrogens (tertiary/aromatic N) is 1. The monoisotopic (exact) mass is 345 g/mol. The fourth-order valence-corrected chi connectivity index (χ4v) is 2.56. The molecule has 2 aromatic carbocycles. The molecule has 0 bridgehead atoms. The van der Waals surface area contributed by atoms with E-state index in [1.54, 1.807) is 11.8 Å². The molecular weight excluding hydrogens is 326 g/mol. The minimum Gasteiger partial charge on any atom is -0.308 e. The summed E-state index contributed by atoms with van der Waals surface area (Å²) < 4.78 is 0. The summed E-state index contributed by atoms with van der Waals surface area (Å²) >= 11 is 1.66. The van der Waals surface area contributed by atoms with E-state index in [1.165, 1.54) is 21.6 Å². The molecule has 2 rings (SSSR count). The van der Waals surface area contributed by atoms with Gasteiger partial charge in [-0.3, -0.25) is 0 Å². The summed E-state index contributed by atoms with van der Waals surface area (Å²) in [6.45, 7) is 3.00. The van der Waals surface area contributed by atoms with E-state index >= 15 is 0 Å². The predicted molar refractivity (Wildman–Crippen MR) is 88.7 cm³/mol. The molecule has 0 fully saturated rings. The first kappa shape index (κ1) is 18.1. The first-order chi connectivity index (χ1) is 9.65. The van der Waals surface area contributed by atoms with Crippen molar-refractivity contribution in [3.8, 4) is 0 Å². The molecule has 0 aliphatic rings. The van der Waals surface area contributed by atoms with E-state index in [4.69, 9.17) is 0 Å². The van der Waals surface area contributed by atoms with Gasteiger partial charge in [-0.15, -0.1) is 12.1 Å². The van der Waals surface area contributed by atoms with E-state index in [1.807, 2.05) is 6.07 Å². The van der Waals surface area contributed by atoms with Gasteiger partial charge in [0, 0.05) is 0 Å². The Morgan fingerprint density at radius 1 is 1.00 bits per heavy atom. The Morgan fingerprint density at radius 3 is 2.19 bits per heavy atom. The summed E-state index contributed by atoms with van der Waals surface area (Å²) in [4.78, 5) is 3.40. The molecule has 0 atom stereocenters. The van der Waals surface area contributed by atoms with E-state index in [0.717, 1.165) is 6.54 Å². The van der Waals surface area contributed by atoms with Crippen molar-refractivity contribution < 1.29 is 17.1 Å². The molecule has 0 unspecified atom stereocenters. The van der Waals surface area contributed by atoms with Crippen LogP contribution in [0.15, 0.2) is 59.5 Å². The standard InChI is InChI=1S/C18H20NS.Cu/c1-15-9-11-18(12-10-15)20-14-17(13-19(2)3)16-7-5-4-6-8-16;/h4-12H,13H2,1-3H3;/q-1;+1. The van der Waals surface area contributed by atoms with Crippen LogP contribution in [0.3, 0.4) is 0 Å². The molecule has 0 radical (unpaired) electrons. The first-order valence-corrected chi connectivity index (χ1v) is 7.52. The fourth-order valence-electron chi connectivity index (χ4n) is 1.86. The molecule has 0 amide bonds. The van der Waals surface area contributed by atoms with Gasteiger partial charge in [0.15, 0.2) is 0 Å². The molecule has 0 heterocycles. The Labute approximate surface area is 142 Å². The molecule has 0 spiro atoms.